The molecular weight excluding hydrogens is 755 g/mol. The molecule has 0 saturated carbocycles. The summed E-state index contributed by atoms with van der Waals surface area (Å²) in [6, 6.07) is -0.640. The van der Waals surface area contributed by atoms with Crippen molar-refractivity contribution in [2.45, 2.75) is 289 Å². The van der Waals surface area contributed by atoms with Gasteiger partial charge in [0.15, 0.2) is 0 Å². The van der Waals surface area contributed by atoms with Crippen LogP contribution >= 0.6 is 0 Å². The summed E-state index contributed by atoms with van der Waals surface area (Å²) in [4.78, 5) is 24.4. The molecule has 358 valence electrons. The van der Waals surface area contributed by atoms with E-state index in [0.717, 1.165) is 70.6 Å². The molecule has 0 bridgehead atoms. The maximum atomic E-state index is 12.4. The predicted molar refractivity (Wildman–Crippen MR) is 264 cm³/mol. The minimum Gasteiger partial charge on any atom is -0.466 e. The quantitative estimate of drug-likeness (QED) is 0.0322. The summed E-state index contributed by atoms with van der Waals surface area (Å²) in [5.41, 5.74) is 0. The molecule has 0 spiro atoms. The summed E-state index contributed by atoms with van der Waals surface area (Å²) in [6.45, 7) is 4.83. The summed E-state index contributed by atoms with van der Waals surface area (Å²) in [7, 11) is 0. The molecule has 0 aromatic rings. The normalized spacial score (nSPS) is 12.9. The van der Waals surface area contributed by atoms with Crippen molar-refractivity contribution in [3.8, 4) is 0 Å². The Morgan fingerprint density at radius 1 is 0.443 bits per heavy atom. The van der Waals surface area contributed by atoms with Crippen molar-refractivity contribution in [1.82, 2.24) is 5.32 Å². The van der Waals surface area contributed by atoms with E-state index in [1.165, 1.54) is 180 Å². The highest BCUT2D eigenvalue weighted by molar-refractivity contribution is 5.76. The summed E-state index contributed by atoms with van der Waals surface area (Å²) < 4.78 is 5.43. The molecule has 0 fully saturated rings. The Balaban J connectivity index is 3.53. The fraction of sp³-hybridized carbons (Fsp3) is 0.855. The van der Waals surface area contributed by atoms with Crippen LogP contribution in [-0.4, -0.2) is 47.4 Å². The standard InChI is InChI=1S/C55H103NO5/c1-3-5-7-9-11-13-15-16-17-18-19-21-24-28-31-35-39-43-47-53(58)52(51-57)56-54(59)48-44-40-36-32-29-25-22-20-23-26-30-34-38-42-46-50-61-55(60)49-45-41-37-33-27-14-12-10-8-6-4-2/h10,12,23,26,43,47,52-53,57-58H,3-9,11,13-22,24-25,27-42,44-46,48-51H2,1-2H3,(H,56,59)/b12-10-,26-23-,47-43+. The SMILES string of the molecule is CCCC/C=C\CCCCCCCC(=O)OCCCCCC/C=C\CCCCCCCCCC(=O)NC(CO)C(O)/C=C/CCCCCCCCCCCCCCCCCC. The minimum atomic E-state index is -0.855. The van der Waals surface area contributed by atoms with Crippen molar-refractivity contribution < 1.29 is 24.5 Å². The number of unbranched alkanes of at least 4 members (excludes halogenated alkanes) is 34. The number of amides is 1. The van der Waals surface area contributed by atoms with Crippen LogP contribution in [0.5, 0.6) is 0 Å². The molecule has 6 nitrogen and oxygen atoms in total. The second kappa shape index (κ2) is 50.7. The molecule has 0 aromatic carbocycles. The van der Waals surface area contributed by atoms with Gasteiger partial charge in [-0.25, -0.2) is 0 Å². The van der Waals surface area contributed by atoms with Crippen LogP contribution in [0.3, 0.4) is 0 Å². The highest BCUT2D eigenvalue weighted by Gasteiger charge is 2.18. The lowest BCUT2D eigenvalue weighted by Crippen LogP contribution is -2.45. The van der Waals surface area contributed by atoms with E-state index in [2.05, 4.69) is 43.5 Å². The van der Waals surface area contributed by atoms with Gasteiger partial charge in [0.1, 0.15) is 0 Å². The molecule has 0 aliphatic carbocycles. The van der Waals surface area contributed by atoms with Crippen molar-refractivity contribution >= 4 is 11.9 Å². The maximum absolute atomic E-state index is 12.4. The third-order valence-electron chi connectivity index (χ3n) is 12.1. The molecule has 3 N–H and O–H groups in total. The van der Waals surface area contributed by atoms with Crippen molar-refractivity contribution in [3.63, 3.8) is 0 Å². The highest BCUT2D eigenvalue weighted by atomic mass is 16.5. The summed E-state index contributed by atoms with van der Waals surface area (Å²) in [5, 5.41) is 23.1. The van der Waals surface area contributed by atoms with Crippen molar-refractivity contribution in [3.05, 3.63) is 36.5 Å². The van der Waals surface area contributed by atoms with Gasteiger partial charge in [-0.05, 0) is 77.0 Å². The number of aliphatic hydroxyl groups is 2. The molecule has 0 heterocycles. The van der Waals surface area contributed by atoms with Gasteiger partial charge in [0, 0.05) is 12.8 Å². The van der Waals surface area contributed by atoms with Gasteiger partial charge >= 0.3 is 5.97 Å². The zero-order valence-electron chi connectivity index (χ0n) is 40.6. The first-order valence-corrected chi connectivity index (χ1v) is 26.8. The van der Waals surface area contributed by atoms with E-state index in [9.17, 15) is 19.8 Å². The van der Waals surface area contributed by atoms with E-state index >= 15 is 0 Å². The Morgan fingerprint density at radius 3 is 1.21 bits per heavy atom. The number of rotatable bonds is 49. The van der Waals surface area contributed by atoms with Crippen LogP contribution in [0.15, 0.2) is 36.5 Å². The zero-order valence-corrected chi connectivity index (χ0v) is 40.6. The van der Waals surface area contributed by atoms with E-state index < -0.39 is 12.1 Å². The molecule has 0 radical (unpaired) electrons. The topological polar surface area (TPSA) is 95.9 Å². The predicted octanol–water partition coefficient (Wildman–Crippen LogP) is 16.1. The van der Waals surface area contributed by atoms with Gasteiger partial charge in [-0.2, -0.15) is 0 Å². The number of allylic oxidation sites excluding steroid dienone is 5. The molecule has 2 unspecified atom stereocenters. The second-order valence-corrected chi connectivity index (χ2v) is 18.2. The Bertz CT molecular complexity index is 993. The van der Waals surface area contributed by atoms with Crippen LogP contribution < -0.4 is 5.32 Å². The molecular formula is C55H103NO5. The van der Waals surface area contributed by atoms with Crippen molar-refractivity contribution in [2.75, 3.05) is 13.2 Å². The third-order valence-corrected chi connectivity index (χ3v) is 12.1. The lowest BCUT2D eigenvalue weighted by molar-refractivity contribution is -0.143. The molecule has 1 amide bonds. The average Bonchev–Trinajstić information content (AvgIpc) is 3.26. The number of carbonyl (C=O) groups is 2. The van der Waals surface area contributed by atoms with E-state index in [1.54, 1.807) is 6.08 Å². The fourth-order valence-corrected chi connectivity index (χ4v) is 7.96. The molecule has 0 aliphatic heterocycles. The van der Waals surface area contributed by atoms with Gasteiger partial charge in [-0.3, -0.25) is 9.59 Å². The lowest BCUT2D eigenvalue weighted by atomic mass is 10.0. The summed E-state index contributed by atoms with van der Waals surface area (Å²) >= 11 is 0. The monoisotopic (exact) mass is 858 g/mol. The molecule has 6 heteroatoms. The van der Waals surface area contributed by atoms with Crippen LogP contribution in [-0.2, 0) is 14.3 Å². The zero-order chi connectivity index (χ0) is 44.4. The smallest absolute Gasteiger partial charge is 0.305 e. The number of nitrogens with one attached hydrogen (secondary N) is 1. The third kappa shape index (κ3) is 47.4. The van der Waals surface area contributed by atoms with Crippen LogP contribution in [0, 0.1) is 0 Å². The van der Waals surface area contributed by atoms with E-state index in [-0.39, 0.29) is 18.5 Å². The number of carbonyl (C=O) groups excluding carboxylic acids is 2. The Kier molecular flexibility index (Phi) is 49.1. The van der Waals surface area contributed by atoms with Crippen molar-refractivity contribution in [1.29, 1.82) is 0 Å². The van der Waals surface area contributed by atoms with Gasteiger partial charge in [0.2, 0.25) is 5.91 Å². The van der Waals surface area contributed by atoms with E-state index in [1.807, 2.05) is 6.08 Å². The van der Waals surface area contributed by atoms with Gasteiger partial charge in [0.25, 0.3) is 0 Å². The summed E-state index contributed by atoms with van der Waals surface area (Å²) in [5.74, 6) is -0.106. The molecule has 0 saturated heterocycles. The van der Waals surface area contributed by atoms with Crippen LogP contribution in [0.4, 0.5) is 0 Å². The van der Waals surface area contributed by atoms with Crippen LogP contribution in [0.1, 0.15) is 277 Å². The molecule has 0 aliphatic rings. The van der Waals surface area contributed by atoms with Crippen LogP contribution in [0.25, 0.3) is 0 Å². The minimum absolute atomic E-state index is 0.0227. The molecule has 0 aromatic heterocycles. The van der Waals surface area contributed by atoms with Gasteiger partial charge in [-0.1, -0.05) is 224 Å². The van der Waals surface area contributed by atoms with Gasteiger partial charge < -0.3 is 20.3 Å². The Hall–Kier alpha value is -1.92. The van der Waals surface area contributed by atoms with Gasteiger partial charge in [-0.15, -0.1) is 0 Å². The average molecular weight is 858 g/mol. The highest BCUT2D eigenvalue weighted by Crippen LogP contribution is 2.16. The first kappa shape index (κ1) is 59.1. The molecule has 61 heavy (non-hydrogen) atoms. The van der Waals surface area contributed by atoms with Crippen molar-refractivity contribution in [2.24, 2.45) is 0 Å². The lowest BCUT2D eigenvalue weighted by Gasteiger charge is -2.20. The number of esters is 1. The first-order valence-electron chi connectivity index (χ1n) is 26.8. The van der Waals surface area contributed by atoms with E-state index in [4.69, 9.17) is 4.74 Å². The summed E-state index contributed by atoms with van der Waals surface area (Å²) in [6.07, 6.45) is 61.5. The van der Waals surface area contributed by atoms with E-state index in [0.29, 0.717) is 19.4 Å². The number of ether oxygens (including phenoxy) is 1. The number of hydrogen-bond acceptors (Lipinski definition) is 5. The Labute approximate surface area is 379 Å². The first-order chi connectivity index (χ1) is 30.0. The number of aliphatic hydroxyl groups excluding tert-OH is 2. The van der Waals surface area contributed by atoms with Crippen LogP contribution in [0.2, 0.25) is 0 Å². The number of hydrogen-bond donors (Lipinski definition) is 3. The molecule has 0 rings (SSSR count). The largest absolute Gasteiger partial charge is 0.466 e. The Morgan fingerprint density at radius 2 is 0.787 bits per heavy atom. The second-order valence-electron chi connectivity index (χ2n) is 18.2. The van der Waals surface area contributed by atoms with Gasteiger partial charge in [0.05, 0.1) is 25.4 Å². The molecule has 2 atom stereocenters. The maximum Gasteiger partial charge on any atom is 0.305 e. The fourth-order valence-electron chi connectivity index (χ4n) is 7.96.